The molecule has 3 aromatic rings. The van der Waals surface area contributed by atoms with E-state index < -0.39 is 0 Å². The maximum Gasteiger partial charge on any atom is 0.155 e. The SMILES string of the molecule is C=CC(C/C=C/c1nc2ccnn2cc1-c1ccccc1)C1(N)CCC1. The highest BCUT2D eigenvalue weighted by Gasteiger charge is 2.38. The predicted octanol–water partition coefficient (Wildman–Crippen LogP) is 4.48. The summed E-state index contributed by atoms with van der Waals surface area (Å²) in [5.74, 6) is 0.311. The molecule has 0 bridgehead atoms. The minimum Gasteiger partial charge on any atom is -0.325 e. The van der Waals surface area contributed by atoms with Gasteiger partial charge < -0.3 is 5.73 Å². The van der Waals surface area contributed by atoms with E-state index in [1.807, 2.05) is 41.1 Å². The van der Waals surface area contributed by atoms with Crippen LogP contribution >= 0.6 is 0 Å². The molecule has 1 atom stereocenters. The lowest BCUT2D eigenvalue weighted by Gasteiger charge is -2.43. The summed E-state index contributed by atoms with van der Waals surface area (Å²) in [4.78, 5) is 4.79. The number of benzene rings is 1. The lowest BCUT2D eigenvalue weighted by molar-refractivity contribution is 0.184. The molecule has 2 heterocycles. The van der Waals surface area contributed by atoms with Gasteiger partial charge in [-0.1, -0.05) is 42.5 Å². The van der Waals surface area contributed by atoms with Crippen molar-refractivity contribution in [2.45, 2.75) is 31.2 Å². The fourth-order valence-electron chi connectivity index (χ4n) is 3.68. The van der Waals surface area contributed by atoms with Crippen LogP contribution in [-0.2, 0) is 0 Å². The van der Waals surface area contributed by atoms with E-state index in [-0.39, 0.29) is 5.54 Å². The van der Waals surface area contributed by atoms with Crippen LogP contribution in [0.15, 0.2) is 67.5 Å². The first kappa shape index (κ1) is 16.7. The fourth-order valence-corrected chi connectivity index (χ4v) is 3.68. The first-order valence-corrected chi connectivity index (χ1v) is 9.17. The van der Waals surface area contributed by atoms with Crippen LogP contribution in [0.1, 0.15) is 31.4 Å². The Morgan fingerprint density at radius 2 is 2.04 bits per heavy atom. The summed E-state index contributed by atoms with van der Waals surface area (Å²) in [6.45, 7) is 3.99. The minimum atomic E-state index is -0.0722. The van der Waals surface area contributed by atoms with Gasteiger partial charge in [-0.05, 0) is 43.2 Å². The maximum atomic E-state index is 6.49. The molecule has 0 radical (unpaired) electrons. The molecule has 1 unspecified atom stereocenters. The van der Waals surface area contributed by atoms with Crippen LogP contribution in [0.5, 0.6) is 0 Å². The zero-order valence-corrected chi connectivity index (χ0v) is 14.9. The van der Waals surface area contributed by atoms with E-state index >= 15 is 0 Å². The number of allylic oxidation sites excluding steroid dienone is 1. The molecule has 1 saturated carbocycles. The molecular formula is C22H24N4. The van der Waals surface area contributed by atoms with E-state index in [4.69, 9.17) is 10.7 Å². The Bertz CT molecular complexity index is 935. The molecule has 4 rings (SSSR count). The van der Waals surface area contributed by atoms with Gasteiger partial charge in [0, 0.05) is 23.4 Å². The molecule has 2 N–H and O–H groups in total. The lowest BCUT2D eigenvalue weighted by atomic mass is 9.68. The van der Waals surface area contributed by atoms with Crippen molar-refractivity contribution in [3.8, 4) is 11.1 Å². The van der Waals surface area contributed by atoms with Crippen molar-refractivity contribution in [1.82, 2.24) is 14.6 Å². The number of hydrogen-bond donors (Lipinski definition) is 1. The van der Waals surface area contributed by atoms with E-state index in [0.717, 1.165) is 41.7 Å². The second-order valence-electron chi connectivity index (χ2n) is 7.11. The molecule has 4 heteroatoms. The molecule has 4 nitrogen and oxygen atoms in total. The van der Waals surface area contributed by atoms with E-state index in [2.05, 4.69) is 36.0 Å². The standard InChI is InChI=1S/C22H24N4/c1-2-18(22(23)13-7-14-22)10-6-11-20-19(17-8-4-3-5-9-17)16-26-21(25-20)12-15-24-26/h2-6,8-9,11-12,15-16,18H,1,7,10,13-14,23H2/b11-6+. The zero-order valence-electron chi connectivity index (χ0n) is 14.9. The van der Waals surface area contributed by atoms with Crippen molar-refractivity contribution in [1.29, 1.82) is 0 Å². The Morgan fingerprint density at radius 3 is 2.73 bits per heavy atom. The average molecular weight is 344 g/mol. The third-order valence-electron chi connectivity index (χ3n) is 5.47. The van der Waals surface area contributed by atoms with Gasteiger partial charge in [0.25, 0.3) is 0 Å². The molecule has 2 aromatic heterocycles. The Hall–Kier alpha value is -2.72. The van der Waals surface area contributed by atoms with Gasteiger partial charge >= 0.3 is 0 Å². The van der Waals surface area contributed by atoms with Crippen LogP contribution < -0.4 is 5.73 Å². The molecule has 1 aliphatic carbocycles. The highest BCUT2D eigenvalue weighted by atomic mass is 15.2. The van der Waals surface area contributed by atoms with E-state index in [1.165, 1.54) is 6.42 Å². The molecule has 0 amide bonds. The number of fused-ring (bicyclic) bond motifs is 1. The zero-order chi connectivity index (χ0) is 18.0. The molecule has 0 spiro atoms. The molecule has 132 valence electrons. The topological polar surface area (TPSA) is 56.2 Å². The van der Waals surface area contributed by atoms with Crippen molar-refractivity contribution in [2.24, 2.45) is 11.7 Å². The van der Waals surface area contributed by atoms with Gasteiger partial charge in [-0.15, -0.1) is 6.58 Å². The van der Waals surface area contributed by atoms with Gasteiger partial charge in [-0.2, -0.15) is 5.10 Å². The summed E-state index contributed by atoms with van der Waals surface area (Å²) in [5, 5.41) is 4.32. The van der Waals surface area contributed by atoms with Gasteiger partial charge in [-0.3, -0.25) is 0 Å². The van der Waals surface area contributed by atoms with Crippen LogP contribution in [0.4, 0.5) is 0 Å². The van der Waals surface area contributed by atoms with Gasteiger partial charge in [0.2, 0.25) is 0 Å². The normalized spacial score (nSPS) is 17.3. The predicted molar refractivity (Wildman–Crippen MR) is 107 cm³/mol. The van der Waals surface area contributed by atoms with Gasteiger partial charge in [-0.25, -0.2) is 9.50 Å². The fraction of sp³-hybridized carbons (Fsp3) is 0.273. The van der Waals surface area contributed by atoms with Gasteiger partial charge in [0.1, 0.15) is 0 Å². The second-order valence-corrected chi connectivity index (χ2v) is 7.11. The Balaban J connectivity index is 1.65. The van der Waals surface area contributed by atoms with Crippen LogP contribution in [0.25, 0.3) is 22.9 Å². The van der Waals surface area contributed by atoms with Gasteiger partial charge in [0.15, 0.2) is 5.65 Å². The number of nitrogens with zero attached hydrogens (tertiary/aromatic N) is 3. The van der Waals surface area contributed by atoms with Crippen molar-refractivity contribution in [2.75, 3.05) is 0 Å². The highest BCUT2D eigenvalue weighted by molar-refractivity contribution is 5.73. The Morgan fingerprint density at radius 1 is 1.23 bits per heavy atom. The largest absolute Gasteiger partial charge is 0.325 e. The second kappa shape index (κ2) is 6.89. The van der Waals surface area contributed by atoms with Crippen molar-refractivity contribution < 1.29 is 0 Å². The molecule has 1 aliphatic rings. The van der Waals surface area contributed by atoms with Crippen LogP contribution in [0, 0.1) is 5.92 Å². The molecule has 0 saturated heterocycles. The highest BCUT2D eigenvalue weighted by Crippen LogP contribution is 2.38. The van der Waals surface area contributed by atoms with Crippen LogP contribution in [0.3, 0.4) is 0 Å². The Labute approximate surface area is 154 Å². The Kier molecular flexibility index (Phi) is 4.43. The quantitative estimate of drug-likeness (QED) is 0.671. The molecule has 1 aromatic carbocycles. The van der Waals surface area contributed by atoms with E-state index in [1.54, 1.807) is 6.20 Å². The summed E-state index contributed by atoms with van der Waals surface area (Å²) >= 11 is 0. The van der Waals surface area contributed by atoms with Crippen LogP contribution in [-0.4, -0.2) is 20.1 Å². The monoisotopic (exact) mass is 344 g/mol. The van der Waals surface area contributed by atoms with Crippen molar-refractivity contribution in [3.63, 3.8) is 0 Å². The lowest BCUT2D eigenvalue weighted by Crippen LogP contribution is -2.52. The first-order valence-electron chi connectivity index (χ1n) is 9.17. The van der Waals surface area contributed by atoms with E-state index in [0.29, 0.717) is 5.92 Å². The number of aromatic nitrogens is 3. The van der Waals surface area contributed by atoms with Crippen LogP contribution in [0.2, 0.25) is 0 Å². The smallest absolute Gasteiger partial charge is 0.155 e. The molecule has 26 heavy (non-hydrogen) atoms. The number of nitrogens with two attached hydrogens (primary N) is 1. The number of hydrogen-bond acceptors (Lipinski definition) is 3. The minimum absolute atomic E-state index is 0.0722. The first-order chi connectivity index (χ1) is 12.7. The van der Waals surface area contributed by atoms with E-state index in [9.17, 15) is 0 Å². The molecule has 1 fully saturated rings. The number of rotatable bonds is 6. The maximum absolute atomic E-state index is 6.49. The molecule has 0 aliphatic heterocycles. The molecular weight excluding hydrogens is 320 g/mol. The third-order valence-corrected chi connectivity index (χ3v) is 5.47. The average Bonchev–Trinajstić information content (AvgIpc) is 3.11. The van der Waals surface area contributed by atoms with Gasteiger partial charge in [0.05, 0.1) is 11.9 Å². The third kappa shape index (κ3) is 3.08. The van der Waals surface area contributed by atoms with Crippen molar-refractivity contribution >= 4 is 11.7 Å². The van der Waals surface area contributed by atoms with Crippen molar-refractivity contribution in [3.05, 3.63) is 73.2 Å². The summed E-state index contributed by atoms with van der Waals surface area (Å²) in [7, 11) is 0. The summed E-state index contributed by atoms with van der Waals surface area (Å²) in [6.07, 6.45) is 14.4. The summed E-state index contributed by atoms with van der Waals surface area (Å²) < 4.78 is 1.81. The summed E-state index contributed by atoms with van der Waals surface area (Å²) in [6, 6.07) is 12.2. The summed E-state index contributed by atoms with van der Waals surface area (Å²) in [5.41, 5.74) is 10.4.